The van der Waals surface area contributed by atoms with Gasteiger partial charge in [-0.05, 0) is 32.4 Å². The Morgan fingerprint density at radius 3 is 2.60 bits per heavy atom. The molecule has 2 aromatic heterocycles. The number of carbonyl (C=O) groups is 1. The lowest BCUT2D eigenvalue weighted by Crippen LogP contribution is -2.29. The minimum Gasteiger partial charge on any atom is -0.349 e. The molecule has 2 rings (SSSR count). The van der Waals surface area contributed by atoms with Gasteiger partial charge in [-0.15, -0.1) is 0 Å². The second kappa shape index (κ2) is 5.71. The van der Waals surface area contributed by atoms with Crippen LogP contribution in [0.1, 0.15) is 27.4 Å². The third-order valence-electron chi connectivity index (χ3n) is 3.56. The van der Waals surface area contributed by atoms with Crippen LogP contribution >= 0.6 is 11.6 Å². The molecule has 0 saturated heterocycles. The average Bonchev–Trinajstić information content (AvgIpc) is 2.84. The van der Waals surface area contributed by atoms with E-state index in [-0.39, 0.29) is 5.91 Å². The molecule has 0 atom stereocenters. The van der Waals surface area contributed by atoms with Crippen molar-refractivity contribution in [2.75, 3.05) is 6.54 Å². The van der Waals surface area contributed by atoms with Crippen molar-refractivity contribution in [2.24, 2.45) is 7.05 Å². The summed E-state index contributed by atoms with van der Waals surface area (Å²) in [5.41, 5.74) is 3.92. The predicted molar refractivity (Wildman–Crippen MR) is 79.2 cm³/mol. The maximum absolute atomic E-state index is 12.0. The van der Waals surface area contributed by atoms with Crippen LogP contribution in [0.4, 0.5) is 0 Å². The number of carbonyl (C=O) groups excluding carboxylic acids is 1. The highest BCUT2D eigenvalue weighted by Crippen LogP contribution is 2.13. The number of halogens is 1. The third-order valence-corrected chi connectivity index (χ3v) is 3.76. The number of aryl methyl sites for hydroxylation is 2. The molecule has 108 valence electrons. The first kappa shape index (κ1) is 14.7. The van der Waals surface area contributed by atoms with Gasteiger partial charge in [-0.1, -0.05) is 11.6 Å². The van der Waals surface area contributed by atoms with E-state index < -0.39 is 0 Å². The average molecular weight is 295 g/mol. The molecule has 0 radical (unpaired) electrons. The molecule has 0 aliphatic carbocycles. The van der Waals surface area contributed by atoms with E-state index in [1.54, 1.807) is 23.9 Å². The Morgan fingerprint density at radius 1 is 1.40 bits per heavy atom. The van der Waals surface area contributed by atoms with E-state index in [4.69, 9.17) is 11.6 Å². The fourth-order valence-corrected chi connectivity index (χ4v) is 2.37. The highest BCUT2D eigenvalue weighted by atomic mass is 35.5. The van der Waals surface area contributed by atoms with Crippen LogP contribution in [-0.4, -0.2) is 26.8 Å². The smallest absolute Gasteiger partial charge is 0.268 e. The Labute approximate surface area is 123 Å². The maximum atomic E-state index is 12.0. The van der Waals surface area contributed by atoms with Gasteiger partial charge < -0.3 is 9.88 Å². The fourth-order valence-electron chi connectivity index (χ4n) is 2.12. The second-order valence-corrected chi connectivity index (χ2v) is 5.37. The van der Waals surface area contributed by atoms with Crippen molar-refractivity contribution in [1.82, 2.24) is 19.7 Å². The van der Waals surface area contributed by atoms with Gasteiger partial charge in [0.05, 0.1) is 17.3 Å². The minimum atomic E-state index is -0.127. The summed E-state index contributed by atoms with van der Waals surface area (Å²) < 4.78 is 3.63. The van der Waals surface area contributed by atoms with Gasteiger partial charge >= 0.3 is 0 Å². The zero-order chi connectivity index (χ0) is 14.9. The van der Waals surface area contributed by atoms with Gasteiger partial charge in [-0.2, -0.15) is 5.10 Å². The summed E-state index contributed by atoms with van der Waals surface area (Å²) in [7, 11) is 1.80. The van der Waals surface area contributed by atoms with Gasteiger partial charge in [0.25, 0.3) is 5.91 Å². The highest BCUT2D eigenvalue weighted by Gasteiger charge is 2.11. The van der Waals surface area contributed by atoms with E-state index in [9.17, 15) is 4.79 Å². The Morgan fingerprint density at radius 2 is 2.10 bits per heavy atom. The number of nitrogens with zero attached hydrogens (tertiary/aromatic N) is 3. The van der Waals surface area contributed by atoms with Crippen LogP contribution in [0.2, 0.25) is 5.02 Å². The lowest BCUT2D eigenvalue weighted by molar-refractivity contribution is 0.0943. The van der Waals surface area contributed by atoms with Gasteiger partial charge in [0.15, 0.2) is 0 Å². The van der Waals surface area contributed by atoms with Gasteiger partial charge in [0, 0.05) is 25.5 Å². The molecule has 2 aromatic rings. The number of rotatable bonds is 4. The summed E-state index contributed by atoms with van der Waals surface area (Å²) in [6, 6.07) is 1.66. The van der Waals surface area contributed by atoms with Crippen molar-refractivity contribution in [3.05, 3.63) is 39.9 Å². The van der Waals surface area contributed by atoms with E-state index in [0.29, 0.717) is 23.8 Å². The zero-order valence-corrected chi connectivity index (χ0v) is 13.0. The topological polar surface area (TPSA) is 51.9 Å². The largest absolute Gasteiger partial charge is 0.349 e. The monoisotopic (exact) mass is 294 g/mol. The number of nitrogens with one attached hydrogen (secondary N) is 1. The van der Waals surface area contributed by atoms with Crippen molar-refractivity contribution in [3.63, 3.8) is 0 Å². The zero-order valence-electron chi connectivity index (χ0n) is 12.2. The summed E-state index contributed by atoms with van der Waals surface area (Å²) >= 11 is 5.87. The van der Waals surface area contributed by atoms with Crippen molar-refractivity contribution >= 4 is 17.5 Å². The molecule has 6 heteroatoms. The molecule has 20 heavy (non-hydrogen) atoms. The first-order valence-electron chi connectivity index (χ1n) is 6.51. The van der Waals surface area contributed by atoms with Gasteiger partial charge in [0.2, 0.25) is 0 Å². The second-order valence-electron chi connectivity index (χ2n) is 4.93. The molecule has 1 N–H and O–H groups in total. The lowest BCUT2D eigenvalue weighted by atomic mass is 10.2. The molecule has 0 aliphatic heterocycles. The first-order valence-corrected chi connectivity index (χ1v) is 6.88. The van der Waals surface area contributed by atoms with E-state index in [1.807, 2.05) is 18.5 Å². The number of aromatic nitrogens is 3. The minimum absolute atomic E-state index is 0.127. The molecular formula is C14H19ClN4O. The molecule has 2 heterocycles. The molecule has 1 amide bonds. The van der Waals surface area contributed by atoms with Crippen LogP contribution in [0, 0.1) is 20.8 Å². The first-order chi connectivity index (χ1) is 9.40. The van der Waals surface area contributed by atoms with Gasteiger partial charge in [-0.3, -0.25) is 9.48 Å². The predicted octanol–water partition coefficient (Wildman–Crippen LogP) is 2.23. The van der Waals surface area contributed by atoms with Crippen LogP contribution in [0.5, 0.6) is 0 Å². The lowest BCUT2D eigenvalue weighted by Gasteiger charge is -2.07. The SMILES string of the molecule is Cc1nn(CCNC(=O)c2cc(Cl)cn2C)c(C)c1C. The van der Waals surface area contributed by atoms with Gasteiger partial charge in [-0.25, -0.2) is 0 Å². The normalized spacial score (nSPS) is 10.8. The Balaban J connectivity index is 1.94. The molecule has 0 aliphatic rings. The van der Waals surface area contributed by atoms with Crippen LogP contribution in [0.3, 0.4) is 0 Å². The Bertz CT molecular complexity index is 642. The molecule has 0 bridgehead atoms. The van der Waals surface area contributed by atoms with Crippen molar-refractivity contribution < 1.29 is 4.79 Å². The van der Waals surface area contributed by atoms with Crippen molar-refractivity contribution in [3.8, 4) is 0 Å². The van der Waals surface area contributed by atoms with Crippen LogP contribution in [0.25, 0.3) is 0 Å². The Hall–Kier alpha value is -1.75. The number of hydrogen-bond acceptors (Lipinski definition) is 2. The van der Waals surface area contributed by atoms with E-state index >= 15 is 0 Å². The molecule has 5 nitrogen and oxygen atoms in total. The van der Waals surface area contributed by atoms with Crippen molar-refractivity contribution in [1.29, 1.82) is 0 Å². The molecule has 0 aromatic carbocycles. The highest BCUT2D eigenvalue weighted by molar-refractivity contribution is 6.31. The summed E-state index contributed by atoms with van der Waals surface area (Å²) in [5.74, 6) is -0.127. The van der Waals surface area contributed by atoms with Crippen LogP contribution < -0.4 is 5.32 Å². The van der Waals surface area contributed by atoms with Crippen molar-refractivity contribution in [2.45, 2.75) is 27.3 Å². The van der Waals surface area contributed by atoms with Crippen LogP contribution in [0.15, 0.2) is 12.3 Å². The quantitative estimate of drug-likeness (QED) is 0.940. The summed E-state index contributed by atoms with van der Waals surface area (Å²) in [6.45, 7) is 7.27. The number of amides is 1. The molecule has 0 fully saturated rings. The fraction of sp³-hybridized carbons (Fsp3) is 0.429. The van der Waals surface area contributed by atoms with Crippen LogP contribution in [-0.2, 0) is 13.6 Å². The summed E-state index contributed by atoms with van der Waals surface area (Å²) in [4.78, 5) is 12.0. The van der Waals surface area contributed by atoms with Gasteiger partial charge in [0.1, 0.15) is 5.69 Å². The van der Waals surface area contributed by atoms with E-state index in [2.05, 4.69) is 17.3 Å². The molecule has 0 unspecified atom stereocenters. The third kappa shape index (κ3) is 2.88. The van der Waals surface area contributed by atoms with E-state index in [0.717, 1.165) is 11.4 Å². The molecule has 0 saturated carbocycles. The number of hydrogen-bond donors (Lipinski definition) is 1. The standard InChI is InChI=1S/C14H19ClN4O/c1-9-10(2)17-19(11(9)3)6-5-16-14(20)13-7-12(15)8-18(13)4/h7-8H,5-6H2,1-4H3,(H,16,20). The Kier molecular flexibility index (Phi) is 4.18. The molecular weight excluding hydrogens is 276 g/mol. The summed E-state index contributed by atoms with van der Waals surface area (Å²) in [5, 5.41) is 7.88. The summed E-state index contributed by atoms with van der Waals surface area (Å²) in [6.07, 6.45) is 1.71. The maximum Gasteiger partial charge on any atom is 0.268 e. The molecule has 0 spiro atoms. The van der Waals surface area contributed by atoms with E-state index in [1.165, 1.54) is 5.56 Å².